The standard InChI is InChI=1S/C14H16F3N3O2/c1-9(21)19-11-4-5-12(14(15,16)17)20(8-11)13(22)10-3-2-6-18-7-10/h2-3,6-7,11-12H,4-5,8H2,1H3,(H,19,21)/t11-,12+/m1/s1. The fourth-order valence-corrected chi connectivity index (χ4v) is 2.60. The number of likely N-dealkylation sites (tertiary alicyclic amines) is 1. The molecule has 0 saturated carbocycles. The highest BCUT2D eigenvalue weighted by Crippen LogP contribution is 2.32. The predicted octanol–water partition coefficient (Wildman–Crippen LogP) is 1.75. The number of nitrogens with zero attached hydrogens (tertiary/aromatic N) is 2. The SMILES string of the molecule is CC(=O)N[C@@H]1CC[C@@H](C(F)(F)F)N(C(=O)c2cccnc2)C1. The summed E-state index contributed by atoms with van der Waals surface area (Å²) in [4.78, 5) is 28.0. The zero-order valence-electron chi connectivity index (χ0n) is 11.9. The molecule has 0 unspecified atom stereocenters. The van der Waals surface area contributed by atoms with E-state index in [1.165, 1.54) is 31.5 Å². The quantitative estimate of drug-likeness (QED) is 0.904. The van der Waals surface area contributed by atoms with Crippen LogP contribution in [0, 0.1) is 0 Å². The van der Waals surface area contributed by atoms with Crippen LogP contribution >= 0.6 is 0 Å². The molecule has 1 fully saturated rings. The van der Waals surface area contributed by atoms with E-state index in [4.69, 9.17) is 0 Å². The fourth-order valence-electron chi connectivity index (χ4n) is 2.60. The summed E-state index contributed by atoms with van der Waals surface area (Å²) in [6, 6.07) is 0.595. The van der Waals surface area contributed by atoms with Crippen molar-refractivity contribution in [3.05, 3.63) is 30.1 Å². The molecule has 1 aromatic rings. The second kappa shape index (κ2) is 6.33. The Balaban J connectivity index is 2.23. The number of carbonyl (C=O) groups is 2. The Morgan fingerprint density at radius 3 is 2.64 bits per heavy atom. The first-order valence-corrected chi connectivity index (χ1v) is 6.84. The first-order valence-electron chi connectivity index (χ1n) is 6.84. The van der Waals surface area contributed by atoms with Gasteiger partial charge in [0.05, 0.1) is 5.56 Å². The molecule has 1 aromatic heterocycles. The van der Waals surface area contributed by atoms with Gasteiger partial charge in [0.2, 0.25) is 5.91 Å². The lowest BCUT2D eigenvalue weighted by atomic mass is 9.96. The maximum atomic E-state index is 13.2. The second-order valence-electron chi connectivity index (χ2n) is 5.23. The summed E-state index contributed by atoms with van der Waals surface area (Å²) >= 11 is 0. The van der Waals surface area contributed by atoms with Crippen molar-refractivity contribution >= 4 is 11.8 Å². The number of halogens is 3. The van der Waals surface area contributed by atoms with Gasteiger partial charge < -0.3 is 10.2 Å². The molecule has 0 radical (unpaired) electrons. The Hall–Kier alpha value is -2.12. The van der Waals surface area contributed by atoms with Crippen molar-refractivity contribution in [1.29, 1.82) is 0 Å². The molecule has 0 bridgehead atoms. The van der Waals surface area contributed by atoms with Crippen molar-refractivity contribution in [3.63, 3.8) is 0 Å². The van der Waals surface area contributed by atoms with Crippen LogP contribution in [-0.2, 0) is 4.79 Å². The molecule has 1 N–H and O–H groups in total. The third-order valence-electron chi connectivity index (χ3n) is 3.54. The Kier molecular flexibility index (Phi) is 4.68. The molecule has 0 spiro atoms. The van der Waals surface area contributed by atoms with E-state index in [2.05, 4.69) is 10.3 Å². The van der Waals surface area contributed by atoms with Gasteiger partial charge in [0.15, 0.2) is 0 Å². The third kappa shape index (κ3) is 3.75. The van der Waals surface area contributed by atoms with E-state index in [-0.39, 0.29) is 30.9 Å². The zero-order chi connectivity index (χ0) is 16.3. The summed E-state index contributed by atoms with van der Waals surface area (Å²) in [6.07, 6.45) is -1.88. The average Bonchev–Trinajstić information content (AvgIpc) is 2.45. The Morgan fingerprint density at radius 2 is 2.09 bits per heavy atom. The molecule has 22 heavy (non-hydrogen) atoms. The third-order valence-corrected chi connectivity index (χ3v) is 3.54. The maximum absolute atomic E-state index is 13.2. The van der Waals surface area contributed by atoms with Crippen molar-refractivity contribution in [2.45, 2.75) is 38.0 Å². The minimum absolute atomic E-state index is 0.0974. The van der Waals surface area contributed by atoms with Crippen molar-refractivity contribution in [2.75, 3.05) is 6.54 Å². The maximum Gasteiger partial charge on any atom is 0.408 e. The Bertz CT molecular complexity index is 548. The summed E-state index contributed by atoms with van der Waals surface area (Å²) in [5, 5.41) is 2.57. The molecular weight excluding hydrogens is 299 g/mol. The van der Waals surface area contributed by atoms with Gasteiger partial charge in [-0.05, 0) is 25.0 Å². The van der Waals surface area contributed by atoms with E-state index in [0.717, 1.165) is 4.90 Å². The van der Waals surface area contributed by atoms with Crippen LogP contribution in [0.2, 0.25) is 0 Å². The average molecular weight is 315 g/mol. The number of amides is 2. The van der Waals surface area contributed by atoms with Gasteiger partial charge >= 0.3 is 6.18 Å². The van der Waals surface area contributed by atoms with Gasteiger partial charge in [-0.3, -0.25) is 14.6 Å². The normalized spacial score (nSPS) is 22.3. The molecule has 2 atom stereocenters. The molecule has 1 saturated heterocycles. The van der Waals surface area contributed by atoms with Gasteiger partial charge in [-0.1, -0.05) is 0 Å². The molecule has 5 nitrogen and oxygen atoms in total. The molecule has 1 aliphatic heterocycles. The van der Waals surface area contributed by atoms with Crippen molar-refractivity contribution in [1.82, 2.24) is 15.2 Å². The highest BCUT2D eigenvalue weighted by Gasteiger charge is 2.48. The van der Waals surface area contributed by atoms with Crippen LogP contribution in [0.3, 0.4) is 0 Å². The molecule has 2 heterocycles. The molecule has 0 aromatic carbocycles. The van der Waals surface area contributed by atoms with E-state index in [1.807, 2.05) is 0 Å². The molecule has 120 valence electrons. The Labute approximate surface area is 125 Å². The van der Waals surface area contributed by atoms with Gasteiger partial charge in [-0.2, -0.15) is 13.2 Å². The lowest BCUT2D eigenvalue weighted by molar-refractivity contribution is -0.184. The monoisotopic (exact) mass is 315 g/mol. The largest absolute Gasteiger partial charge is 0.408 e. The van der Waals surface area contributed by atoms with E-state index in [9.17, 15) is 22.8 Å². The minimum atomic E-state index is -4.50. The van der Waals surface area contributed by atoms with Crippen LogP contribution in [0.15, 0.2) is 24.5 Å². The smallest absolute Gasteiger partial charge is 0.352 e. The number of aromatic nitrogens is 1. The first kappa shape index (κ1) is 16.3. The highest BCUT2D eigenvalue weighted by atomic mass is 19.4. The van der Waals surface area contributed by atoms with Crippen LogP contribution in [0.4, 0.5) is 13.2 Å². The lowest BCUT2D eigenvalue weighted by Crippen LogP contribution is -2.58. The van der Waals surface area contributed by atoms with Crippen LogP contribution < -0.4 is 5.32 Å². The molecule has 2 amide bonds. The summed E-state index contributed by atoms with van der Waals surface area (Å²) in [6.45, 7) is 1.13. The number of piperidine rings is 1. The van der Waals surface area contributed by atoms with Crippen LogP contribution in [0.5, 0.6) is 0 Å². The number of alkyl halides is 3. The second-order valence-corrected chi connectivity index (χ2v) is 5.23. The number of hydrogen-bond acceptors (Lipinski definition) is 3. The number of pyridine rings is 1. The topological polar surface area (TPSA) is 62.3 Å². The van der Waals surface area contributed by atoms with Crippen LogP contribution in [-0.4, -0.2) is 46.5 Å². The molecule has 8 heteroatoms. The van der Waals surface area contributed by atoms with Crippen LogP contribution in [0.25, 0.3) is 0 Å². The lowest BCUT2D eigenvalue weighted by Gasteiger charge is -2.40. The van der Waals surface area contributed by atoms with E-state index < -0.39 is 24.2 Å². The van der Waals surface area contributed by atoms with Gasteiger partial charge in [-0.25, -0.2) is 0 Å². The molecule has 2 rings (SSSR count). The van der Waals surface area contributed by atoms with Gasteiger partial charge in [0.25, 0.3) is 5.91 Å². The van der Waals surface area contributed by atoms with Gasteiger partial charge in [0.1, 0.15) is 6.04 Å². The van der Waals surface area contributed by atoms with Gasteiger partial charge in [0, 0.05) is 31.9 Å². The minimum Gasteiger partial charge on any atom is -0.352 e. The van der Waals surface area contributed by atoms with Gasteiger partial charge in [-0.15, -0.1) is 0 Å². The van der Waals surface area contributed by atoms with Crippen molar-refractivity contribution in [2.24, 2.45) is 0 Å². The number of nitrogens with one attached hydrogen (secondary N) is 1. The van der Waals surface area contributed by atoms with Crippen molar-refractivity contribution < 1.29 is 22.8 Å². The molecular formula is C14H16F3N3O2. The molecule has 0 aliphatic carbocycles. The number of rotatable bonds is 2. The fraction of sp³-hybridized carbons (Fsp3) is 0.500. The predicted molar refractivity (Wildman–Crippen MR) is 72.0 cm³/mol. The summed E-state index contributed by atoms with van der Waals surface area (Å²) in [5.41, 5.74) is 0.0974. The zero-order valence-corrected chi connectivity index (χ0v) is 11.9. The summed E-state index contributed by atoms with van der Waals surface area (Å²) in [5.74, 6) is -1.06. The molecule has 1 aliphatic rings. The van der Waals surface area contributed by atoms with Crippen molar-refractivity contribution in [3.8, 4) is 0 Å². The van der Waals surface area contributed by atoms with E-state index >= 15 is 0 Å². The number of hydrogen-bond donors (Lipinski definition) is 1. The summed E-state index contributed by atoms with van der Waals surface area (Å²) < 4.78 is 39.5. The van der Waals surface area contributed by atoms with Crippen LogP contribution in [0.1, 0.15) is 30.1 Å². The first-order chi connectivity index (χ1) is 10.3. The highest BCUT2D eigenvalue weighted by molar-refractivity contribution is 5.94. The van der Waals surface area contributed by atoms with E-state index in [0.29, 0.717) is 0 Å². The number of carbonyl (C=O) groups excluding carboxylic acids is 2. The van der Waals surface area contributed by atoms with E-state index in [1.54, 1.807) is 0 Å². The summed E-state index contributed by atoms with van der Waals surface area (Å²) in [7, 11) is 0. The Morgan fingerprint density at radius 1 is 1.36 bits per heavy atom.